The maximum absolute atomic E-state index is 11.5. The van der Waals surface area contributed by atoms with Crippen molar-refractivity contribution in [3.05, 3.63) is 48.4 Å². The fourth-order valence-electron chi connectivity index (χ4n) is 2.39. The van der Waals surface area contributed by atoms with Crippen molar-refractivity contribution in [1.82, 2.24) is 15.5 Å². The van der Waals surface area contributed by atoms with Crippen LogP contribution in [-0.2, 0) is 11.2 Å². The number of benzene rings is 2. The van der Waals surface area contributed by atoms with E-state index in [9.17, 15) is 4.79 Å². The van der Waals surface area contributed by atoms with Gasteiger partial charge in [0.15, 0.2) is 0 Å². The summed E-state index contributed by atoms with van der Waals surface area (Å²) in [7, 11) is 0. The maximum Gasteiger partial charge on any atom is 0.227 e. The number of carbonyl (C=O) groups is 1. The number of nitrogens with one attached hydrogen (secondary N) is 1. The third-order valence-corrected chi connectivity index (χ3v) is 3.44. The Labute approximate surface area is 128 Å². The van der Waals surface area contributed by atoms with Crippen molar-refractivity contribution in [2.24, 2.45) is 0 Å². The molecule has 3 aromatic rings. The number of hydrogen-bond acceptors (Lipinski definition) is 4. The molecule has 0 aliphatic carbocycles. The normalized spacial score (nSPS) is 10.8. The summed E-state index contributed by atoms with van der Waals surface area (Å²) < 4.78 is 5.26. The number of amides is 1. The molecule has 0 saturated carbocycles. The van der Waals surface area contributed by atoms with E-state index < -0.39 is 0 Å². The summed E-state index contributed by atoms with van der Waals surface area (Å²) in [5, 5.41) is 9.01. The maximum atomic E-state index is 11.5. The number of fused-ring (bicyclic) bond motifs is 1. The first-order chi connectivity index (χ1) is 10.8. The molecule has 22 heavy (non-hydrogen) atoms. The molecule has 3 rings (SSSR count). The van der Waals surface area contributed by atoms with Gasteiger partial charge in [-0.3, -0.25) is 4.79 Å². The summed E-state index contributed by atoms with van der Waals surface area (Å²) in [4.78, 5) is 15.9. The van der Waals surface area contributed by atoms with Gasteiger partial charge in [0, 0.05) is 24.9 Å². The molecular formula is C17H17N3O2. The summed E-state index contributed by atoms with van der Waals surface area (Å²) >= 11 is 0. The lowest BCUT2D eigenvalue weighted by atomic mass is 10.0. The van der Waals surface area contributed by atoms with E-state index >= 15 is 0 Å². The predicted molar refractivity (Wildman–Crippen MR) is 84.2 cm³/mol. The van der Waals surface area contributed by atoms with Crippen LogP contribution in [0, 0.1) is 0 Å². The fraction of sp³-hybridized carbons (Fsp3) is 0.235. The summed E-state index contributed by atoms with van der Waals surface area (Å²) in [6.07, 6.45) is 0.800. The summed E-state index contributed by atoms with van der Waals surface area (Å²) in [5.41, 5.74) is 0.936. The van der Waals surface area contributed by atoms with E-state index in [1.54, 1.807) is 0 Å². The highest BCUT2D eigenvalue weighted by atomic mass is 16.5. The first-order valence-corrected chi connectivity index (χ1v) is 7.35. The van der Waals surface area contributed by atoms with Crippen LogP contribution in [0.25, 0.3) is 22.2 Å². The average Bonchev–Trinajstić information content (AvgIpc) is 3.01. The van der Waals surface area contributed by atoms with Gasteiger partial charge in [-0.2, -0.15) is 4.98 Å². The average molecular weight is 295 g/mol. The van der Waals surface area contributed by atoms with E-state index in [4.69, 9.17) is 4.52 Å². The van der Waals surface area contributed by atoms with Gasteiger partial charge in [-0.15, -0.1) is 0 Å². The van der Waals surface area contributed by atoms with Crippen molar-refractivity contribution < 1.29 is 9.32 Å². The van der Waals surface area contributed by atoms with Gasteiger partial charge in [0.25, 0.3) is 0 Å². The Morgan fingerprint density at radius 3 is 2.86 bits per heavy atom. The van der Waals surface area contributed by atoms with E-state index in [2.05, 4.69) is 27.6 Å². The summed E-state index contributed by atoms with van der Waals surface area (Å²) in [6.45, 7) is 2.52. The zero-order valence-corrected chi connectivity index (χ0v) is 12.4. The largest absolute Gasteiger partial charge is 0.356 e. The number of aryl methyl sites for hydroxylation is 1. The van der Waals surface area contributed by atoms with Crippen LogP contribution in [0.2, 0.25) is 0 Å². The predicted octanol–water partition coefficient (Wildman–Crippen LogP) is 2.96. The lowest BCUT2D eigenvalue weighted by molar-refractivity contribution is -0.121. The number of hydrogen-bond donors (Lipinski definition) is 1. The molecule has 0 spiro atoms. The minimum absolute atomic E-state index is 0.00703. The second-order valence-electron chi connectivity index (χ2n) is 4.99. The van der Waals surface area contributed by atoms with Crippen molar-refractivity contribution in [2.45, 2.75) is 19.8 Å². The molecule has 0 fully saturated rings. The van der Waals surface area contributed by atoms with E-state index in [0.29, 0.717) is 31.1 Å². The molecule has 0 unspecified atom stereocenters. The first kappa shape index (κ1) is 14.3. The molecule has 0 atom stereocenters. The van der Waals surface area contributed by atoms with Crippen molar-refractivity contribution >= 4 is 16.7 Å². The lowest BCUT2D eigenvalue weighted by Crippen LogP contribution is -2.22. The Bertz CT molecular complexity index is 790. The van der Waals surface area contributed by atoms with Gasteiger partial charge in [0.1, 0.15) is 0 Å². The third-order valence-electron chi connectivity index (χ3n) is 3.44. The second-order valence-corrected chi connectivity index (χ2v) is 4.99. The lowest BCUT2D eigenvalue weighted by Gasteiger charge is -2.01. The molecule has 0 aliphatic heterocycles. The standard InChI is InChI=1S/C17H17N3O2/c1-2-18-15(21)10-11-16-19-17(20-22-16)14-9-5-7-12-6-3-4-8-13(12)14/h3-9H,2,10-11H2,1H3,(H,18,21). The quantitative estimate of drug-likeness (QED) is 0.785. The van der Waals surface area contributed by atoms with Gasteiger partial charge in [-0.1, -0.05) is 47.6 Å². The second kappa shape index (κ2) is 6.39. The first-order valence-electron chi connectivity index (χ1n) is 7.35. The Morgan fingerprint density at radius 2 is 2.00 bits per heavy atom. The summed E-state index contributed by atoms with van der Waals surface area (Å²) in [5.74, 6) is 1.03. The molecule has 0 saturated heterocycles. The van der Waals surface area contributed by atoms with Crippen LogP contribution < -0.4 is 5.32 Å². The minimum Gasteiger partial charge on any atom is -0.356 e. The SMILES string of the molecule is CCNC(=O)CCc1nc(-c2cccc3ccccc23)no1. The Morgan fingerprint density at radius 1 is 1.18 bits per heavy atom. The number of nitrogens with zero attached hydrogens (tertiary/aromatic N) is 2. The highest BCUT2D eigenvalue weighted by Crippen LogP contribution is 2.26. The Hall–Kier alpha value is -2.69. The molecule has 5 heteroatoms. The van der Waals surface area contributed by atoms with E-state index in [1.807, 2.05) is 37.3 Å². The molecule has 1 heterocycles. The number of rotatable bonds is 5. The van der Waals surface area contributed by atoms with Crippen LogP contribution >= 0.6 is 0 Å². The van der Waals surface area contributed by atoms with Crippen LogP contribution in [0.3, 0.4) is 0 Å². The Kier molecular flexibility index (Phi) is 4.14. The van der Waals surface area contributed by atoms with Crippen LogP contribution in [0.15, 0.2) is 47.0 Å². The molecule has 1 N–H and O–H groups in total. The molecule has 1 aromatic heterocycles. The number of aromatic nitrogens is 2. The molecule has 0 radical (unpaired) electrons. The third kappa shape index (κ3) is 2.98. The van der Waals surface area contributed by atoms with Crippen LogP contribution in [0.4, 0.5) is 0 Å². The molecule has 2 aromatic carbocycles. The van der Waals surface area contributed by atoms with Crippen LogP contribution in [0.1, 0.15) is 19.2 Å². The zero-order chi connectivity index (χ0) is 15.4. The van der Waals surface area contributed by atoms with Gasteiger partial charge < -0.3 is 9.84 Å². The van der Waals surface area contributed by atoms with Crippen molar-refractivity contribution in [2.75, 3.05) is 6.54 Å². The fourth-order valence-corrected chi connectivity index (χ4v) is 2.39. The van der Waals surface area contributed by atoms with Gasteiger partial charge in [0.05, 0.1) is 0 Å². The molecule has 0 bridgehead atoms. The zero-order valence-electron chi connectivity index (χ0n) is 12.4. The van der Waals surface area contributed by atoms with E-state index in [0.717, 1.165) is 16.3 Å². The molecule has 0 aliphatic rings. The smallest absolute Gasteiger partial charge is 0.227 e. The van der Waals surface area contributed by atoms with Gasteiger partial charge >= 0.3 is 0 Å². The van der Waals surface area contributed by atoms with Crippen molar-refractivity contribution in [3.8, 4) is 11.4 Å². The van der Waals surface area contributed by atoms with Crippen LogP contribution in [-0.4, -0.2) is 22.6 Å². The monoisotopic (exact) mass is 295 g/mol. The summed E-state index contributed by atoms with van der Waals surface area (Å²) in [6, 6.07) is 14.1. The molecule has 1 amide bonds. The van der Waals surface area contributed by atoms with E-state index in [1.165, 1.54) is 0 Å². The Balaban J connectivity index is 1.82. The highest BCUT2D eigenvalue weighted by Gasteiger charge is 2.12. The minimum atomic E-state index is -0.00703. The number of carbonyl (C=O) groups excluding carboxylic acids is 1. The van der Waals surface area contributed by atoms with Gasteiger partial charge in [-0.25, -0.2) is 0 Å². The molecule has 112 valence electrons. The van der Waals surface area contributed by atoms with Crippen molar-refractivity contribution in [3.63, 3.8) is 0 Å². The molecule has 5 nitrogen and oxygen atoms in total. The highest BCUT2D eigenvalue weighted by molar-refractivity contribution is 5.94. The molecular weight excluding hydrogens is 278 g/mol. The van der Waals surface area contributed by atoms with Crippen LogP contribution in [0.5, 0.6) is 0 Å². The topological polar surface area (TPSA) is 68.0 Å². The van der Waals surface area contributed by atoms with E-state index in [-0.39, 0.29) is 5.91 Å². The van der Waals surface area contributed by atoms with Gasteiger partial charge in [0.2, 0.25) is 17.6 Å². The van der Waals surface area contributed by atoms with Gasteiger partial charge in [-0.05, 0) is 17.7 Å². The van der Waals surface area contributed by atoms with Crippen molar-refractivity contribution in [1.29, 1.82) is 0 Å².